The number of carbonyl (C=O) groups is 2. The molecule has 0 saturated carbocycles. The second-order valence-corrected chi connectivity index (χ2v) is 5.93. The zero-order chi connectivity index (χ0) is 15.7. The summed E-state index contributed by atoms with van der Waals surface area (Å²) >= 11 is 0. The summed E-state index contributed by atoms with van der Waals surface area (Å²) in [5, 5.41) is 11.6. The first kappa shape index (κ1) is 18.9. The fourth-order valence-electron chi connectivity index (χ4n) is 2.13. The smallest absolute Gasteiger partial charge is 0.303 e. The second-order valence-electron chi connectivity index (χ2n) is 5.93. The van der Waals surface area contributed by atoms with Crippen LogP contribution in [0.3, 0.4) is 0 Å². The Morgan fingerprint density at radius 2 is 1.80 bits per heavy atom. The Hall–Kier alpha value is -1.10. The van der Waals surface area contributed by atoms with Crippen LogP contribution in [0.4, 0.5) is 0 Å². The van der Waals surface area contributed by atoms with Gasteiger partial charge in [-0.1, -0.05) is 34.1 Å². The maximum Gasteiger partial charge on any atom is 0.303 e. The highest BCUT2D eigenvalue weighted by molar-refractivity contribution is 5.81. The summed E-state index contributed by atoms with van der Waals surface area (Å²) in [6, 6.07) is -0.462. The molecule has 0 aliphatic heterocycles. The number of amides is 1. The third kappa shape index (κ3) is 7.48. The van der Waals surface area contributed by atoms with E-state index in [1.165, 1.54) is 0 Å². The van der Waals surface area contributed by atoms with Crippen molar-refractivity contribution in [3.8, 4) is 0 Å². The van der Waals surface area contributed by atoms with Crippen molar-refractivity contribution in [1.82, 2.24) is 5.32 Å². The maximum atomic E-state index is 11.8. The third-order valence-corrected chi connectivity index (χ3v) is 4.05. The topological polar surface area (TPSA) is 92.4 Å². The highest BCUT2D eigenvalue weighted by Gasteiger charge is 2.20. The highest BCUT2D eigenvalue weighted by Crippen LogP contribution is 2.20. The highest BCUT2D eigenvalue weighted by atomic mass is 16.4. The van der Waals surface area contributed by atoms with Crippen LogP contribution in [0.2, 0.25) is 0 Å². The van der Waals surface area contributed by atoms with Crippen molar-refractivity contribution in [1.29, 1.82) is 0 Å². The SMILES string of the molecule is CCC(C)[C@H](N)C(=O)NCCC(CCC(=O)O)C(C)C. The molecule has 118 valence electrons. The standard InChI is InChI=1S/C15H30N2O3/c1-5-11(4)14(16)15(20)17-9-8-12(10(2)3)6-7-13(18)19/h10-12,14H,5-9,16H2,1-4H3,(H,17,20)(H,18,19)/t11?,12?,14-/m0/s1. The fourth-order valence-corrected chi connectivity index (χ4v) is 2.13. The molecular formula is C15H30N2O3. The number of hydrogen-bond donors (Lipinski definition) is 3. The lowest BCUT2D eigenvalue weighted by molar-refractivity contribution is -0.137. The summed E-state index contributed by atoms with van der Waals surface area (Å²) in [4.78, 5) is 22.5. The molecule has 5 heteroatoms. The van der Waals surface area contributed by atoms with Gasteiger partial charge < -0.3 is 16.2 Å². The number of hydrogen-bond acceptors (Lipinski definition) is 3. The first-order chi connectivity index (χ1) is 9.29. The molecule has 0 bridgehead atoms. The van der Waals surface area contributed by atoms with E-state index in [1.807, 2.05) is 13.8 Å². The van der Waals surface area contributed by atoms with Crippen LogP contribution in [0, 0.1) is 17.8 Å². The second kappa shape index (κ2) is 9.75. The van der Waals surface area contributed by atoms with Gasteiger partial charge in [0.15, 0.2) is 0 Å². The molecule has 2 unspecified atom stereocenters. The minimum absolute atomic E-state index is 0.111. The van der Waals surface area contributed by atoms with Crippen molar-refractivity contribution in [3.05, 3.63) is 0 Å². The molecule has 4 N–H and O–H groups in total. The predicted octanol–water partition coefficient (Wildman–Crippen LogP) is 2.00. The molecule has 0 aromatic heterocycles. The first-order valence-corrected chi connectivity index (χ1v) is 7.54. The number of rotatable bonds is 10. The average Bonchev–Trinajstić information content (AvgIpc) is 2.39. The van der Waals surface area contributed by atoms with Crippen molar-refractivity contribution >= 4 is 11.9 Å². The third-order valence-electron chi connectivity index (χ3n) is 4.05. The summed E-state index contributed by atoms with van der Waals surface area (Å²) in [5.74, 6) is 0.0159. The summed E-state index contributed by atoms with van der Waals surface area (Å²) in [6.45, 7) is 8.70. The first-order valence-electron chi connectivity index (χ1n) is 7.54. The van der Waals surface area contributed by atoms with Crippen LogP contribution < -0.4 is 11.1 Å². The van der Waals surface area contributed by atoms with Crippen LogP contribution >= 0.6 is 0 Å². The molecule has 0 aliphatic rings. The van der Waals surface area contributed by atoms with Gasteiger partial charge in [0, 0.05) is 13.0 Å². The molecule has 0 aromatic carbocycles. The van der Waals surface area contributed by atoms with Crippen molar-refractivity contribution < 1.29 is 14.7 Å². The van der Waals surface area contributed by atoms with Crippen LogP contribution in [-0.2, 0) is 9.59 Å². The molecule has 3 atom stereocenters. The number of carboxylic acid groups (broad SMARTS) is 1. The molecule has 0 heterocycles. The van der Waals surface area contributed by atoms with E-state index >= 15 is 0 Å². The molecular weight excluding hydrogens is 256 g/mol. The summed E-state index contributed by atoms with van der Waals surface area (Å²) < 4.78 is 0. The van der Waals surface area contributed by atoms with Gasteiger partial charge in [0.05, 0.1) is 6.04 Å². The van der Waals surface area contributed by atoms with Gasteiger partial charge in [-0.15, -0.1) is 0 Å². The van der Waals surface area contributed by atoms with Crippen molar-refractivity contribution in [3.63, 3.8) is 0 Å². The lowest BCUT2D eigenvalue weighted by Crippen LogP contribution is -2.45. The van der Waals surface area contributed by atoms with E-state index in [2.05, 4.69) is 19.2 Å². The van der Waals surface area contributed by atoms with E-state index in [1.54, 1.807) is 0 Å². The molecule has 0 rings (SSSR count). The minimum atomic E-state index is -0.765. The Kier molecular flexibility index (Phi) is 9.21. The number of nitrogens with two attached hydrogens (primary N) is 1. The van der Waals surface area contributed by atoms with Crippen LogP contribution in [0.5, 0.6) is 0 Å². The van der Waals surface area contributed by atoms with Crippen LogP contribution in [0.25, 0.3) is 0 Å². The van der Waals surface area contributed by atoms with Gasteiger partial charge in [-0.2, -0.15) is 0 Å². The van der Waals surface area contributed by atoms with Gasteiger partial charge >= 0.3 is 5.97 Å². The number of nitrogens with one attached hydrogen (secondary N) is 1. The Morgan fingerprint density at radius 1 is 1.20 bits per heavy atom. The summed E-state index contributed by atoms with van der Waals surface area (Å²) in [6.07, 6.45) is 2.51. The van der Waals surface area contributed by atoms with Crippen LogP contribution in [0.15, 0.2) is 0 Å². The van der Waals surface area contributed by atoms with Gasteiger partial charge in [-0.05, 0) is 30.6 Å². The Balaban J connectivity index is 4.10. The zero-order valence-corrected chi connectivity index (χ0v) is 13.2. The average molecular weight is 286 g/mol. The minimum Gasteiger partial charge on any atom is -0.481 e. The van der Waals surface area contributed by atoms with Gasteiger partial charge in [-0.25, -0.2) is 0 Å². The van der Waals surface area contributed by atoms with E-state index in [0.29, 0.717) is 24.8 Å². The largest absolute Gasteiger partial charge is 0.481 e. The molecule has 0 fully saturated rings. The Labute approximate surface area is 122 Å². The Bertz CT molecular complexity index is 305. The monoisotopic (exact) mass is 286 g/mol. The predicted molar refractivity (Wildman–Crippen MR) is 80.3 cm³/mol. The molecule has 0 aromatic rings. The fraction of sp³-hybridized carbons (Fsp3) is 0.867. The summed E-state index contributed by atoms with van der Waals surface area (Å²) in [7, 11) is 0. The van der Waals surface area contributed by atoms with Crippen molar-refractivity contribution in [2.24, 2.45) is 23.5 Å². The zero-order valence-electron chi connectivity index (χ0n) is 13.2. The van der Waals surface area contributed by atoms with Crippen LogP contribution in [0.1, 0.15) is 53.4 Å². The van der Waals surface area contributed by atoms with E-state index < -0.39 is 12.0 Å². The normalized spacial score (nSPS) is 15.7. The quantitative estimate of drug-likeness (QED) is 0.572. The lowest BCUT2D eigenvalue weighted by Gasteiger charge is -2.22. The van der Waals surface area contributed by atoms with Gasteiger partial charge in [0.25, 0.3) is 0 Å². The van der Waals surface area contributed by atoms with E-state index in [4.69, 9.17) is 10.8 Å². The number of aliphatic carboxylic acids is 1. The van der Waals surface area contributed by atoms with Crippen LogP contribution in [-0.4, -0.2) is 29.6 Å². The molecule has 1 amide bonds. The maximum absolute atomic E-state index is 11.8. The van der Waals surface area contributed by atoms with Crippen molar-refractivity contribution in [2.45, 2.75) is 59.4 Å². The van der Waals surface area contributed by atoms with E-state index in [0.717, 1.165) is 12.8 Å². The van der Waals surface area contributed by atoms with E-state index in [-0.39, 0.29) is 18.2 Å². The van der Waals surface area contributed by atoms with E-state index in [9.17, 15) is 9.59 Å². The number of carboxylic acids is 1. The van der Waals surface area contributed by atoms with Crippen molar-refractivity contribution in [2.75, 3.05) is 6.54 Å². The van der Waals surface area contributed by atoms with Gasteiger partial charge in [0.2, 0.25) is 5.91 Å². The molecule has 0 spiro atoms. The summed E-state index contributed by atoms with van der Waals surface area (Å²) in [5.41, 5.74) is 5.86. The molecule has 20 heavy (non-hydrogen) atoms. The van der Waals surface area contributed by atoms with Gasteiger partial charge in [0.1, 0.15) is 0 Å². The molecule has 0 saturated heterocycles. The molecule has 0 aliphatic carbocycles. The number of carbonyl (C=O) groups excluding carboxylic acids is 1. The lowest BCUT2D eigenvalue weighted by atomic mass is 9.88. The molecule has 0 radical (unpaired) electrons. The molecule has 5 nitrogen and oxygen atoms in total. The Morgan fingerprint density at radius 3 is 2.25 bits per heavy atom. The van der Waals surface area contributed by atoms with Gasteiger partial charge in [-0.3, -0.25) is 9.59 Å².